The number of carboxylic acids is 1. The lowest BCUT2D eigenvalue weighted by atomic mass is 9.98. The molecule has 0 radical (unpaired) electrons. The molecule has 2 amide bonds. The molecule has 1 heterocycles. The Bertz CT molecular complexity index is 1010. The Labute approximate surface area is 192 Å². The quantitative estimate of drug-likeness (QED) is 0.595. The van der Waals surface area contributed by atoms with Crippen LogP contribution >= 0.6 is 0 Å². The summed E-state index contributed by atoms with van der Waals surface area (Å²) in [6.45, 7) is 1.92. The van der Waals surface area contributed by atoms with Gasteiger partial charge in [0, 0.05) is 18.9 Å². The lowest BCUT2D eigenvalue weighted by molar-refractivity contribution is -0.149. The van der Waals surface area contributed by atoms with Gasteiger partial charge in [0.25, 0.3) is 0 Å². The Morgan fingerprint density at radius 2 is 1.70 bits per heavy atom. The van der Waals surface area contributed by atoms with Gasteiger partial charge in [-0.05, 0) is 28.7 Å². The second kappa shape index (κ2) is 9.62. The second-order valence-electron chi connectivity index (χ2n) is 8.55. The van der Waals surface area contributed by atoms with E-state index in [9.17, 15) is 24.6 Å². The molecular formula is C25H28N2O6. The van der Waals surface area contributed by atoms with E-state index in [0.29, 0.717) is 12.8 Å². The molecule has 1 saturated heterocycles. The van der Waals surface area contributed by atoms with Crippen molar-refractivity contribution in [2.75, 3.05) is 13.2 Å². The van der Waals surface area contributed by atoms with E-state index in [4.69, 9.17) is 4.74 Å². The molecule has 2 aliphatic rings. The second-order valence-corrected chi connectivity index (χ2v) is 8.55. The van der Waals surface area contributed by atoms with Crippen LogP contribution < -0.4 is 5.32 Å². The summed E-state index contributed by atoms with van der Waals surface area (Å²) >= 11 is 0. The van der Waals surface area contributed by atoms with Gasteiger partial charge < -0.3 is 25.2 Å². The van der Waals surface area contributed by atoms with Crippen LogP contribution in [0.25, 0.3) is 11.1 Å². The Morgan fingerprint density at radius 1 is 1.09 bits per heavy atom. The summed E-state index contributed by atoms with van der Waals surface area (Å²) in [5, 5.41) is 21.9. The van der Waals surface area contributed by atoms with Crippen molar-refractivity contribution in [1.29, 1.82) is 0 Å². The van der Waals surface area contributed by atoms with E-state index >= 15 is 0 Å². The number of aliphatic hydroxyl groups is 1. The van der Waals surface area contributed by atoms with Crippen LogP contribution in [0.1, 0.15) is 43.2 Å². The number of carboxylic acid groups (broad SMARTS) is 1. The highest BCUT2D eigenvalue weighted by Gasteiger charge is 2.41. The number of nitrogens with one attached hydrogen (secondary N) is 1. The standard InChI is InChI=1S/C25H28N2O6/c1-2-7-21(23(29)27-13-15(28)12-22(27)24(30)31)26-25(32)33-14-20-18-10-5-3-8-16(18)17-9-4-6-11-19(17)20/h3-6,8-11,15,20-22,28H,2,7,12-14H2,1H3,(H,26,32)(H,30,31)/t15?,21-,22?/m1/s1. The molecule has 2 unspecified atom stereocenters. The molecule has 8 nitrogen and oxygen atoms in total. The van der Waals surface area contributed by atoms with Crippen LogP contribution in [-0.4, -0.2) is 64.4 Å². The third kappa shape index (κ3) is 4.57. The molecule has 1 aliphatic carbocycles. The molecule has 0 bridgehead atoms. The van der Waals surface area contributed by atoms with Crippen molar-refractivity contribution in [3.05, 3.63) is 59.7 Å². The number of aliphatic carboxylic acids is 1. The van der Waals surface area contributed by atoms with Crippen LogP contribution in [0.4, 0.5) is 4.79 Å². The van der Waals surface area contributed by atoms with Gasteiger partial charge in [0.05, 0.1) is 6.10 Å². The molecule has 3 atom stereocenters. The van der Waals surface area contributed by atoms with Gasteiger partial charge in [0.15, 0.2) is 0 Å². The Hall–Kier alpha value is -3.39. The van der Waals surface area contributed by atoms with Crippen LogP contribution in [-0.2, 0) is 14.3 Å². The summed E-state index contributed by atoms with van der Waals surface area (Å²) in [6.07, 6.45) is -0.705. The fourth-order valence-electron chi connectivity index (χ4n) is 4.82. The number of ether oxygens (including phenoxy) is 1. The van der Waals surface area contributed by atoms with Crippen molar-refractivity contribution < 1.29 is 29.3 Å². The molecule has 2 aromatic rings. The zero-order valence-electron chi connectivity index (χ0n) is 18.4. The number of amides is 2. The summed E-state index contributed by atoms with van der Waals surface area (Å²) in [4.78, 5) is 38.3. The number of aliphatic hydroxyl groups excluding tert-OH is 1. The summed E-state index contributed by atoms with van der Waals surface area (Å²) in [6, 6.07) is 14.0. The Morgan fingerprint density at radius 3 is 2.27 bits per heavy atom. The van der Waals surface area contributed by atoms with Crippen molar-refractivity contribution in [3.8, 4) is 11.1 Å². The van der Waals surface area contributed by atoms with Gasteiger partial charge in [-0.25, -0.2) is 9.59 Å². The van der Waals surface area contributed by atoms with E-state index in [2.05, 4.69) is 5.32 Å². The van der Waals surface area contributed by atoms with Crippen molar-refractivity contribution in [1.82, 2.24) is 10.2 Å². The zero-order valence-corrected chi connectivity index (χ0v) is 18.4. The molecule has 33 heavy (non-hydrogen) atoms. The molecule has 4 rings (SSSR count). The van der Waals surface area contributed by atoms with Crippen LogP contribution in [0.15, 0.2) is 48.5 Å². The largest absolute Gasteiger partial charge is 0.480 e. The number of benzene rings is 2. The van der Waals surface area contributed by atoms with Crippen LogP contribution in [0.3, 0.4) is 0 Å². The van der Waals surface area contributed by atoms with Gasteiger partial charge in [-0.15, -0.1) is 0 Å². The minimum atomic E-state index is -1.17. The lowest BCUT2D eigenvalue weighted by Gasteiger charge is -2.27. The first-order valence-electron chi connectivity index (χ1n) is 11.2. The number of alkyl carbamates (subject to hydrolysis) is 1. The minimum Gasteiger partial charge on any atom is -0.480 e. The fraction of sp³-hybridized carbons (Fsp3) is 0.400. The maximum atomic E-state index is 13.0. The number of hydrogen-bond acceptors (Lipinski definition) is 5. The molecule has 1 fully saturated rings. The van der Waals surface area contributed by atoms with Gasteiger partial charge >= 0.3 is 12.1 Å². The number of hydrogen-bond donors (Lipinski definition) is 3. The van der Waals surface area contributed by atoms with E-state index < -0.39 is 36.2 Å². The molecule has 174 valence electrons. The first-order chi connectivity index (χ1) is 15.9. The summed E-state index contributed by atoms with van der Waals surface area (Å²) in [5.74, 6) is -1.79. The smallest absolute Gasteiger partial charge is 0.407 e. The Kier molecular flexibility index (Phi) is 6.65. The number of carbonyl (C=O) groups excluding carboxylic acids is 2. The van der Waals surface area contributed by atoms with Crippen molar-refractivity contribution in [2.45, 2.75) is 50.3 Å². The van der Waals surface area contributed by atoms with Crippen LogP contribution in [0.2, 0.25) is 0 Å². The highest BCUT2D eigenvalue weighted by atomic mass is 16.5. The molecule has 3 N–H and O–H groups in total. The average molecular weight is 453 g/mol. The SMILES string of the molecule is CCC[C@@H](NC(=O)OCC1c2ccccc2-c2ccccc21)C(=O)N1CC(O)CC1C(=O)O. The third-order valence-electron chi connectivity index (χ3n) is 6.36. The van der Waals surface area contributed by atoms with Crippen molar-refractivity contribution in [2.24, 2.45) is 0 Å². The van der Waals surface area contributed by atoms with Gasteiger partial charge in [-0.3, -0.25) is 4.79 Å². The topological polar surface area (TPSA) is 116 Å². The number of β-amino-alcohol motifs (C(OH)–C–C–N with tert-alkyl or cyclic N) is 1. The van der Waals surface area contributed by atoms with E-state index in [1.807, 2.05) is 55.5 Å². The lowest BCUT2D eigenvalue weighted by Crippen LogP contribution is -2.52. The number of fused-ring (bicyclic) bond motifs is 3. The van der Waals surface area contributed by atoms with Gasteiger partial charge in [-0.2, -0.15) is 0 Å². The third-order valence-corrected chi connectivity index (χ3v) is 6.36. The molecule has 8 heteroatoms. The van der Waals surface area contributed by atoms with E-state index in [-0.39, 0.29) is 25.5 Å². The highest BCUT2D eigenvalue weighted by molar-refractivity contribution is 5.90. The van der Waals surface area contributed by atoms with Gasteiger partial charge in [0.2, 0.25) is 5.91 Å². The van der Waals surface area contributed by atoms with E-state index in [1.165, 1.54) is 0 Å². The predicted molar refractivity (Wildman–Crippen MR) is 121 cm³/mol. The Balaban J connectivity index is 1.43. The van der Waals surface area contributed by atoms with E-state index in [0.717, 1.165) is 27.2 Å². The van der Waals surface area contributed by atoms with Crippen LogP contribution in [0, 0.1) is 0 Å². The summed E-state index contributed by atoms with van der Waals surface area (Å²) < 4.78 is 5.54. The van der Waals surface area contributed by atoms with E-state index in [1.54, 1.807) is 0 Å². The maximum absolute atomic E-state index is 13.0. The average Bonchev–Trinajstić information content (AvgIpc) is 3.35. The molecular weight excluding hydrogens is 424 g/mol. The van der Waals surface area contributed by atoms with Gasteiger partial charge in [0.1, 0.15) is 18.7 Å². The molecule has 2 aromatic carbocycles. The van der Waals surface area contributed by atoms with Crippen molar-refractivity contribution >= 4 is 18.0 Å². The maximum Gasteiger partial charge on any atom is 0.407 e. The molecule has 0 saturated carbocycles. The zero-order chi connectivity index (χ0) is 23.5. The predicted octanol–water partition coefficient (Wildman–Crippen LogP) is 2.74. The molecule has 0 aromatic heterocycles. The number of likely N-dealkylation sites (tertiary alicyclic amines) is 1. The highest BCUT2D eigenvalue weighted by Crippen LogP contribution is 2.44. The first-order valence-corrected chi connectivity index (χ1v) is 11.2. The fourth-order valence-corrected chi connectivity index (χ4v) is 4.82. The minimum absolute atomic E-state index is 0.0230. The molecule has 0 spiro atoms. The van der Waals surface area contributed by atoms with Crippen LogP contribution in [0.5, 0.6) is 0 Å². The number of carbonyl (C=O) groups is 3. The first kappa shape index (κ1) is 22.8. The van der Waals surface area contributed by atoms with Crippen molar-refractivity contribution in [3.63, 3.8) is 0 Å². The normalized spacial score (nSPS) is 20.1. The number of rotatable bonds is 7. The number of nitrogens with zero attached hydrogens (tertiary/aromatic N) is 1. The van der Waals surface area contributed by atoms with Gasteiger partial charge in [-0.1, -0.05) is 61.9 Å². The summed E-state index contributed by atoms with van der Waals surface area (Å²) in [5.41, 5.74) is 4.41. The molecule has 1 aliphatic heterocycles. The monoisotopic (exact) mass is 452 g/mol. The summed E-state index contributed by atoms with van der Waals surface area (Å²) in [7, 11) is 0.